The summed E-state index contributed by atoms with van der Waals surface area (Å²) in [5.74, 6) is 0.504. The van der Waals surface area contributed by atoms with E-state index in [9.17, 15) is 13.2 Å². The zero-order valence-corrected chi connectivity index (χ0v) is 12.8. The van der Waals surface area contributed by atoms with Crippen LogP contribution in [-0.4, -0.2) is 31.6 Å². The molecule has 0 fully saturated rings. The van der Waals surface area contributed by atoms with E-state index in [0.29, 0.717) is 11.5 Å². The van der Waals surface area contributed by atoms with E-state index in [1.165, 1.54) is 17.0 Å². The summed E-state index contributed by atoms with van der Waals surface area (Å²) in [4.78, 5) is 13.3. The smallest absolute Gasteiger partial charge is 0.241 e. The highest BCUT2D eigenvalue weighted by Gasteiger charge is 2.26. The Morgan fingerprint density at radius 3 is 2.82 bits per heavy atom. The quantitative estimate of drug-likeness (QED) is 0.872. The predicted octanol–water partition coefficient (Wildman–Crippen LogP) is 0.375. The largest absolute Gasteiger partial charge is 0.424 e. The van der Waals surface area contributed by atoms with Crippen LogP contribution in [0.15, 0.2) is 27.5 Å². The number of fused-ring (bicyclic) bond motifs is 1. The van der Waals surface area contributed by atoms with Crippen LogP contribution in [0.1, 0.15) is 17.3 Å². The molecule has 1 N–H and O–H groups in total. The SMILES string of the molecule is Cc1nnc(CNS(=O)(=O)c2ccc3c(c2)CC(=O)N3C)o1. The molecule has 1 aliphatic rings. The molecule has 2 heterocycles. The van der Waals surface area contributed by atoms with Crippen molar-refractivity contribution < 1.29 is 17.6 Å². The van der Waals surface area contributed by atoms with Crippen molar-refractivity contribution in [2.75, 3.05) is 11.9 Å². The Kier molecular flexibility index (Phi) is 3.45. The molecule has 0 radical (unpaired) electrons. The van der Waals surface area contributed by atoms with Gasteiger partial charge >= 0.3 is 0 Å². The summed E-state index contributed by atoms with van der Waals surface area (Å²) in [6.45, 7) is 1.54. The molecule has 0 saturated heterocycles. The number of hydrogen-bond donors (Lipinski definition) is 1. The number of rotatable bonds is 4. The van der Waals surface area contributed by atoms with Crippen molar-refractivity contribution in [2.45, 2.75) is 24.8 Å². The van der Waals surface area contributed by atoms with Crippen molar-refractivity contribution in [3.8, 4) is 0 Å². The molecule has 1 aliphatic heterocycles. The number of carbonyl (C=O) groups is 1. The second-order valence-corrected chi connectivity index (χ2v) is 6.73. The van der Waals surface area contributed by atoms with Crippen LogP contribution in [0.2, 0.25) is 0 Å². The van der Waals surface area contributed by atoms with Gasteiger partial charge in [-0.3, -0.25) is 4.79 Å². The maximum absolute atomic E-state index is 12.3. The zero-order chi connectivity index (χ0) is 15.9. The molecule has 1 aromatic carbocycles. The normalized spacial score (nSPS) is 14.5. The predicted molar refractivity (Wildman–Crippen MR) is 76.6 cm³/mol. The van der Waals surface area contributed by atoms with Crippen molar-refractivity contribution in [3.05, 3.63) is 35.5 Å². The molecule has 3 rings (SSSR count). The van der Waals surface area contributed by atoms with Crippen molar-refractivity contribution in [2.24, 2.45) is 0 Å². The Morgan fingerprint density at radius 2 is 2.14 bits per heavy atom. The molecular formula is C13H14N4O4S. The molecule has 2 aromatic rings. The number of aromatic nitrogens is 2. The number of likely N-dealkylation sites (N-methyl/N-ethyl adjacent to an activating group) is 1. The highest BCUT2D eigenvalue weighted by molar-refractivity contribution is 7.89. The summed E-state index contributed by atoms with van der Waals surface area (Å²) in [5, 5.41) is 7.35. The van der Waals surface area contributed by atoms with Crippen LogP contribution in [0.4, 0.5) is 5.69 Å². The first-order valence-corrected chi connectivity index (χ1v) is 8.03. The van der Waals surface area contributed by atoms with Gasteiger partial charge < -0.3 is 9.32 Å². The number of aryl methyl sites for hydroxylation is 1. The monoisotopic (exact) mass is 322 g/mol. The third-order valence-electron chi connectivity index (χ3n) is 3.42. The first-order chi connectivity index (χ1) is 10.4. The van der Waals surface area contributed by atoms with Crippen molar-refractivity contribution in [3.63, 3.8) is 0 Å². The maximum Gasteiger partial charge on any atom is 0.241 e. The zero-order valence-electron chi connectivity index (χ0n) is 12.0. The molecule has 1 aromatic heterocycles. The molecule has 0 spiro atoms. The molecular weight excluding hydrogens is 308 g/mol. The van der Waals surface area contributed by atoms with Crippen molar-refractivity contribution >= 4 is 21.6 Å². The highest BCUT2D eigenvalue weighted by atomic mass is 32.2. The summed E-state index contributed by atoms with van der Waals surface area (Å²) < 4.78 is 32.1. The van der Waals surface area contributed by atoms with Gasteiger partial charge in [-0.25, -0.2) is 13.1 Å². The molecule has 0 saturated carbocycles. The lowest BCUT2D eigenvalue weighted by molar-refractivity contribution is -0.117. The van der Waals surface area contributed by atoms with Gasteiger partial charge in [0.15, 0.2) is 0 Å². The second-order valence-electron chi connectivity index (χ2n) is 4.96. The van der Waals surface area contributed by atoms with Gasteiger partial charge in [0.2, 0.25) is 27.7 Å². The fourth-order valence-corrected chi connectivity index (χ4v) is 3.29. The Balaban J connectivity index is 1.81. The van der Waals surface area contributed by atoms with Gasteiger partial charge in [0.1, 0.15) is 0 Å². The van der Waals surface area contributed by atoms with Gasteiger partial charge in [0.05, 0.1) is 17.9 Å². The number of nitrogens with one attached hydrogen (secondary N) is 1. The first kappa shape index (κ1) is 14.7. The minimum Gasteiger partial charge on any atom is -0.424 e. The third kappa shape index (κ3) is 2.60. The van der Waals surface area contributed by atoms with Crippen LogP contribution in [0.25, 0.3) is 0 Å². The van der Waals surface area contributed by atoms with E-state index in [1.807, 2.05) is 0 Å². The summed E-state index contributed by atoms with van der Waals surface area (Å²) >= 11 is 0. The Labute approximate surface area is 127 Å². The first-order valence-electron chi connectivity index (χ1n) is 6.55. The van der Waals surface area contributed by atoms with E-state index < -0.39 is 10.0 Å². The van der Waals surface area contributed by atoms with Gasteiger partial charge in [0.25, 0.3) is 0 Å². The standard InChI is InChI=1S/C13H14N4O4S/c1-8-15-16-12(21-8)7-14-22(19,20)10-3-4-11-9(5-10)6-13(18)17(11)2/h3-5,14H,6-7H2,1-2H3. The van der Waals surface area contributed by atoms with Gasteiger partial charge in [-0.05, 0) is 23.8 Å². The molecule has 0 bridgehead atoms. The number of amides is 1. The summed E-state index contributed by atoms with van der Waals surface area (Å²) in [5.41, 5.74) is 1.43. The molecule has 116 valence electrons. The van der Waals surface area contributed by atoms with E-state index in [4.69, 9.17) is 4.42 Å². The van der Waals surface area contributed by atoms with Crippen LogP contribution in [-0.2, 0) is 27.8 Å². The molecule has 0 aliphatic carbocycles. The summed E-state index contributed by atoms with van der Waals surface area (Å²) in [7, 11) is -2.05. The molecule has 0 unspecified atom stereocenters. The van der Waals surface area contributed by atoms with Gasteiger partial charge in [-0.1, -0.05) is 0 Å². The van der Waals surface area contributed by atoms with Crippen molar-refractivity contribution in [1.82, 2.24) is 14.9 Å². The molecule has 9 heteroatoms. The summed E-state index contributed by atoms with van der Waals surface area (Å²) in [6, 6.07) is 4.61. The number of anilines is 1. The van der Waals surface area contributed by atoms with Crippen LogP contribution in [0.5, 0.6) is 0 Å². The molecule has 1 amide bonds. The minimum absolute atomic E-state index is 0.0566. The molecule has 0 atom stereocenters. The van der Waals surface area contributed by atoms with Crippen molar-refractivity contribution in [1.29, 1.82) is 0 Å². The number of hydrogen-bond acceptors (Lipinski definition) is 6. The van der Waals surface area contributed by atoms with E-state index in [-0.39, 0.29) is 29.7 Å². The van der Waals surface area contributed by atoms with Crippen LogP contribution in [0, 0.1) is 6.92 Å². The second kappa shape index (κ2) is 5.18. The average Bonchev–Trinajstić information content (AvgIpc) is 3.01. The maximum atomic E-state index is 12.3. The lowest BCUT2D eigenvalue weighted by Gasteiger charge is -2.11. The van der Waals surface area contributed by atoms with Crippen LogP contribution in [0.3, 0.4) is 0 Å². The number of nitrogens with zero attached hydrogens (tertiary/aromatic N) is 3. The molecule has 8 nitrogen and oxygen atoms in total. The van der Waals surface area contributed by atoms with Gasteiger partial charge in [-0.2, -0.15) is 0 Å². The van der Waals surface area contributed by atoms with Crippen LogP contribution < -0.4 is 9.62 Å². The van der Waals surface area contributed by atoms with E-state index in [2.05, 4.69) is 14.9 Å². The van der Waals surface area contributed by atoms with Gasteiger partial charge in [0, 0.05) is 19.7 Å². The lowest BCUT2D eigenvalue weighted by atomic mass is 10.2. The Bertz CT molecular complexity index is 843. The molecule has 22 heavy (non-hydrogen) atoms. The third-order valence-corrected chi connectivity index (χ3v) is 4.82. The Morgan fingerprint density at radius 1 is 1.36 bits per heavy atom. The van der Waals surface area contributed by atoms with E-state index >= 15 is 0 Å². The fourth-order valence-electron chi connectivity index (χ4n) is 2.26. The van der Waals surface area contributed by atoms with E-state index in [0.717, 1.165) is 5.69 Å². The Hall–Kier alpha value is -2.26. The van der Waals surface area contributed by atoms with Gasteiger partial charge in [-0.15, -0.1) is 10.2 Å². The van der Waals surface area contributed by atoms with E-state index in [1.54, 1.807) is 20.0 Å². The fraction of sp³-hybridized carbons (Fsp3) is 0.308. The minimum atomic E-state index is -3.71. The van der Waals surface area contributed by atoms with Crippen LogP contribution >= 0.6 is 0 Å². The summed E-state index contributed by atoms with van der Waals surface area (Å²) in [6.07, 6.45) is 0.206. The number of benzene rings is 1. The average molecular weight is 322 g/mol. The number of carbonyl (C=O) groups excluding carboxylic acids is 1. The number of sulfonamides is 1. The highest BCUT2D eigenvalue weighted by Crippen LogP contribution is 2.29. The topological polar surface area (TPSA) is 105 Å². The lowest BCUT2D eigenvalue weighted by Crippen LogP contribution is -2.23.